The molecule has 0 unspecified atom stereocenters. The van der Waals surface area contributed by atoms with Crippen LogP contribution in [0.4, 0.5) is 5.69 Å². The van der Waals surface area contributed by atoms with Crippen LogP contribution in [0.3, 0.4) is 0 Å². The Morgan fingerprint density at radius 3 is 2.54 bits per heavy atom. The normalized spacial score (nSPS) is 18.5. The molecular weight excluding hydrogens is 332 g/mol. The Morgan fingerprint density at radius 2 is 2.00 bits per heavy atom. The molecule has 130 valence electrons. The summed E-state index contributed by atoms with van der Waals surface area (Å²) >= 11 is 1.16. The highest BCUT2D eigenvalue weighted by molar-refractivity contribution is 7.14. The molecule has 2 fully saturated rings. The lowest BCUT2D eigenvalue weighted by Gasteiger charge is -2.34. The van der Waals surface area contributed by atoms with Gasteiger partial charge in [-0.3, -0.25) is 24.6 Å². The number of nitrogens with one attached hydrogen (secondary N) is 1. The number of hydrogen-bond donors (Lipinski definition) is 1. The summed E-state index contributed by atoms with van der Waals surface area (Å²) in [5, 5.41) is 13.9. The molecule has 0 spiro atoms. The minimum absolute atomic E-state index is 0.00117. The Labute approximate surface area is 143 Å². The van der Waals surface area contributed by atoms with Crippen molar-refractivity contribution in [3.8, 4) is 0 Å². The molecule has 0 atom stereocenters. The van der Waals surface area contributed by atoms with Crippen LogP contribution >= 0.6 is 11.3 Å². The van der Waals surface area contributed by atoms with E-state index >= 15 is 0 Å². The van der Waals surface area contributed by atoms with Crippen molar-refractivity contribution >= 4 is 28.8 Å². The summed E-state index contributed by atoms with van der Waals surface area (Å²) in [5.41, 5.74) is -0.00117. The van der Waals surface area contributed by atoms with Crippen molar-refractivity contribution in [2.24, 2.45) is 0 Å². The molecule has 1 aliphatic heterocycles. The zero-order valence-electron chi connectivity index (χ0n) is 13.5. The molecule has 9 heteroatoms. The van der Waals surface area contributed by atoms with Crippen LogP contribution in [0.25, 0.3) is 0 Å². The Bertz CT molecular complexity index is 662. The lowest BCUT2D eigenvalue weighted by atomic mass is 10.2. The van der Waals surface area contributed by atoms with Crippen LogP contribution in [0.1, 0.15) is 27.4 Å². The number of piperazine rings is 1. The lowest BCUT2D eigenvalue weighted by Crippen LogP contribution is -2.51. The summed E-state index contributed by atoms with van der Waals surface area (Å²) in [5.74, 6) is -0.125. The summed E-state index contributed by atoms with van der Waals surface area (Å²) in [6.07, 6.45) is 2.14. The first-order chi connectivity index (χ1) is 11.4. The highest BCUT2D eigenvalue weighted by Gasteiger charge is 2.28. The average molecular weight is 352 g/mol. The molecule has 1 N–H and O–H groups in total. The van der Waals surface area contributed by atoms with Crippen molar-refractivity contribution in [1.29, 1.82) is 0 Å². The second-order valence-electron chi connectivity index (χ2n) is 6.22. The first kappa shape index (κ1) is 16.8. The number of amides is 2. The van der Waals surface area contributed by atoms with Gasteiger partial charge >= 0.3 is 0 Å². The molecule has 2 amide bonds. The summed E-state index contributed by atoms with van der Waals surface area (Å²) in [6, 6.07) is 1.72. The van der Waals surface area contributed by atoms with Crippen LogP contribution < -0.4 is 5.32 Å². The molecule has 1 aromatic rings. The zero-order valence-corrected chi connectivity index (χ0v) is 14.3. The summed E-state index contributed by atoms with van der Waals surface area (Å²) in [4.78, 5) is 39.4. The summed E-state index contributed by atoms with van der Waals surface area (Å²) in [7, 11) is 0. The van der Waals surface area contributed by atoms with Crippen LogP contribution in [-0.4, -0.2) is 65.3 Å². The number of thiophene rings is 1. The number of rotatable bonds is 5. The van der Waals surface area contributed by atoms with E-state index in [0.717, 1.165) is 24.2 Å². The van der Waals surface area contributed by atoms with Crippen LogP contribution in [0.5, 0.6) is 0 Å². The maximum atomic E-state index is 12.5. The van der Waals surface area contributed by atoms with Gasteiger partial charge in [-0.1, -0.05) is 0 Å². The van der Waals surface area contributed by atoms with Gasteiger partial charge in [0, 0.05) is 38.3 Å². The Morgan fingerprint density at radius 1 is 1.33 bits per heavy atom. The first-order valence-electron chi connectivity index (χ1n) is 8.00. The van der Waals surface area contributed by atoms with E-state index in [1.54, 1.807) is 11.8 Å². The van der Waals surface area contributed by atoms with E-state index in [4.69, 9.17) is 0 Å². The first-order valence-corrected chi connectivity index (χ1v) is 8.81. The summed E-state index contributed by atoms with van der Waals surface area (Å²) in [6.45, 7) is 4.34. The zero-order chi connectivity index (χ0) is 17.3. The minimum Gasteiger partial charge on any atom is -0.352 e. The molecule has 0 aromatic carbocycles. The highest BCUT2D eigenvalue weighted by atomic mass is 32.1. The van der Waals surface area contributed by atoms with Crippen LogP contribution in [-0.2, 0) is 4.79 Å². The molecule has 2 aliphatic rings. The van der Waals surface area contributed by atoms with Crippen molar-refractivity contribution < 1.29 is 14.5 Å². The van der Waals surface area contributed by atoms with E-state index in [-0.39, 0.29) is 17.5 Å². The molecule has 0 radical (unpaired) electrons. The van der Waals surface area contributed by atoms with E-state index in [9.17, 15) is 19.7 Å². The number of carbonyl (C=O) groups excluding carboxylic acids is 2. The van der Waals surface area contributed by atoms with Gasteiger partial charge < -0.3 is 10.2 Å². The van der Waals surface area contributed by atoms with Gasteiger partial charge in [0.15, 0.2) is 0 Å². The molecule has 1 aliphatic carbocycles. The third kappa shape index (κ3) is 3.90. The molecule has 2 heterocycles. The Hall–Kier alpha value is -2.00. The molecule has 0 bridgehead atoms. The third-order valence-electron chi connectivity index (χ3n) is 4.27. The maximum absolute atomic E-state index is 12.5. The fourth-order valence-corrected chi connectivity index (χ4v) is 3.68. The van der Waals surface area contributed by atoms with E-state index in [2.05, 4.69) is 5.32 Å². The van der Waals surface area contributed by atoms with Crippen molar-refractivity contribution in [2.75, 3.05) is 32.7 Å². The predicted octanol–water partition coefficient (Wildman–Crippen LogP) is 1.00. The lowest BCUT2D eigenvalue weighted by molar-refractivity contribution is -0.385. The van der Waals surface area contributed by atoms with Gasteiger partial charge in [0.1, 0.15) is 0 Å². The molecule has 1 aromatic heterocycles. The van der Waals surface area contributed by atoms with Gasteiger partial charge in [0.2, 0.25) is 5.91 Å². The monoisotopic (exact) mass is 352 g/mol. The van der Waals surface area contributed by atoms with Gasteiger partial charge in [0.05, 0.1) is 21.2 Å². The quantitative estimate of drug-likeness (QED) is 0.630. The number of nitrogens with zero attached hydrogens (tertiary/aromatic N) is 3. The van der Waals surface area contributed by atoms with Crippen molar-refractivity contribution in [1.82, 2.24) is 15.1 Å². The fraction of sp³-hybridized carbons (Fsp3) is 0.600. The predicted molar refractivity (Wildman–Crippen MR) is 89.2 cm³/mol. The van der Waals surface area contributed by atoms with Crippen molar-refractivity contribution in [3.63, 3.8) is 0 Å². The van der Waals surface area contributed by atoms with Gasteiger partial charge in [-0.05, 0) is 19.8 Å². The van der Waals surface area contributed by atoms with Gasteiger partial charge in [-0.2, -0.15) is 0 Å². The van der Waals surface area contributed by atoms with Crippen LogP contribution in [0, 0.1) is 17.0 Å². The number of aryl methyl sites for hydroxylation is 1. The number of carbonyl (C=O) groups is 2. The number of nitro groups is 1. The smallest absolute Gasteiger partial charge is 0.283 e. The minimum atomic E-state index is -0.459. The van der Waals surface area contributed by atoms with E-state index in [0.29, 0.717) is 48.5 Å². The van der Waals surface area contributed by atoms with Crippen molar-refractivity contribution in [3.05, 3.63) is 25.9 Å². The topological polar surface area (TPSA) is 95.8 Å². The van der Waals surface area contributed by atoms with E-state index < -0.39 is 4.92 Å². The molecule has 1 saturated heterocycles. The standard InChI is InChI=1S/C15H20N4O4S/c1-10-12(19(22)23)8-13(24-10)15(21)18-6-4-17(5-7-18)9-14(20)16-11-2-3-11/h8,11H,2-7,9H2,1H3,(H,16,20). The highest BCUT2D eigenvalue weighted by Crippen LogP contribution is 2.29. The molecule has 8 nitrogen and oxygen atoms in total. The van der Waals surface area contributed by atoms with E-state index in [1.807, 2.05) is 4.90 Å². The molecule has 3 rings (SSSR count). The Balaban J connectivity index is 1.52. The molecular formula is C15H20N4O4S. The van der Waals surface area contributed by atoms with E-state index in [1.165, 1.54) is 6.07 Å². The van der Waals surface area contributed by atoms with Gasteiger partial charge in [0.25, 0.3) is 11.6 Å². The second-order valence-corrected chi connectivity index (χ2v) is 7.48. The molecule has 24 heavy (non-hydrogen) atoms. The SMILES string of the molecule is Cc1sc(C(=O)N2CCN(CC(=O)NC3CC3)CC2)cc1[N+](=O)[O-]. The number of hydrogen-bond acceptors (Lipinski definition) is 6. The largest absolute Gasteiger partial charge is 0.352 e. The van der Waals surface area contributed by atoms with Crippen molar-refractivity contribution in [2.45, 2.75) is 25.8 Å². The maximum Gasteiger partial charge on any atom is 0.283 e. The Kier molecular flexibility index (Phi) is 4.81. The molecule has 1 saturated carbocycles. The fourth-order valence-electron chi connectivity index (χ4n) is 2.73. The second kappa shape index (κ2) is 6.86. The summed E-state index contributed by atoms with van der Waals surface area (Å²) < 4.78 is 0. The van der Waals surface area contributed by atoms with Gasteiger partial charge in [-0.15, -0.1) is 11.3 Å². The average Bonchev–Trinajstić information content (AvgIpc) is 3.25. The third-order valence-corrected chi connectivity index (χ3v) is 5.30. The van der Waals surface area contributed by atoms with Crippen LogP contribution in [0.2, 0.25) is 0 Å². The van der Waals surface area contributed by atoms with Crippen LogP contribution in [0.15, 0.2) is 6.07 Å². The van der Waals surface area contributed by atoms with Gasteiger partial charge in [-0.25, -0.2) is 0 Å².